The van der Waals surface area contributed by atoms with Crippen molar-refractivity contribution in [3.8, 4) is 23.0 Å². The molecule has 0 heterocycles. The van der Waals surface area contributed by atoms with Crippen molar-refractivity contribution in [2.75, 3.05) is 28.4 Å². The molecule has 0 saturated heterocycles. The molecule has 4 rings (SSSR count). The van der Waals surface area contributed by atoms with E-state index in [-0.39, 0.29) is 0 Å². The van der Waals surface area contributed by atoms with E-state index in [2.05, 4.69) is 62.4 Å². The number of benzene rings is 4. The van der Waals surface area contributed by atoms with Gasteiger partial charge in [-0.3, -0.25) is 0 Å². The summed E-state index contributed by atoms with van der Waals surface area (Å²) in [6.45, 7) is 4.25. The Morgan fingerprint density at radius 3 is 0.676 bits per heavy atom. The zero-order valence-electron chi connectivity index (χ0n) is 22.6. The smallest absolute Gasteiger partial charge is 0.118 e. The van der Waals surface area contributed by atoms with E-state index in [1.54, 1.807) is 28.4 Å². The van der Waals surface area contributed by atoms with E-state index >= 15 is 0 Å². The standard InChI is InChI=1S/2C14H15O2P.C3H8/c2*1-15-11-3-7-13(8-4-11)17-14-9-5-12(16-2)6-10-14;1-3-2/h2*3-10,17H,1-2H3;3H2,1-2H3. The van der Waals surface area contributed by atoms with E-state index in [4.69, 9.17) is 18.9 Å². The molecule has 4 aromatic carbocycles. The number of methoxy groups -OCH3 is 4. The van der Waals surface area contributed by atoms with Crippen LogP contribution in [-0.2, 0) is 0 Å². The van der Waals surface area contributed by atoms with Crippen LogP contribution in [0.15, 0.2) is 97.1 Å². The van der Waals surface area contributed by atoms with Gasteiger partial charge in [0.15, 0.2) is 0 Å². The van der Waals surface area contributed by atoms with Gasteiger partial charge in [0.05, 0.1) is 28.4 Å². The lowest BCUT2D eigenvalue weighted by Gasteiger charge is -2.05. The Bertz CT molecular complexity index is 944. The molecule has 0 spiro atoms. The molecule has 0 atom stereocenters. The second-order valence-electron chi connectivity index (χ2n) is 7.87. The Hall–Kier alpha value is -3.06. The van der Waals surface area contributed by atoms with Gasteiger partial charge in [0.2, 0.25) is 0 Å². The quantitative estimate of drug-likeness (QED) is 0.256. The molecule has 0 fully saturated rings. The van der Waals surface area contributed by atoms with Gasteiger partial charge in [0.25, 0.3) is 0 Å². The molecule has 0 bridgehead atoms. The van der Waals surface area contributed by atoms with Crippen LogP contribution in [0.2, 0.25) is 0 Å². The summed E-state index contributed by atoms with van der Waals surface area (Å²) >= 11 is 0. The molecule has 0 N–H and O–H groups in total. The fraction of sp³-hybridized carbons (Fsp3) is 0.226. The molecular weight excluding hydrogens is 498 g/mol. The van der Waals surface area contributed by atoms with E-state index in [1.807, 2.05) is 48.5 Å². The summed E-state index contributed by atoms with van der Waals surface area (Å²) in [5, 5.41) is 5.21. The highest BCUT2D eigenvalue weighted by atomic mass is 31.1. The van der Waals surface area contributed by atoms with Crippen molar-refractivity contribution in [3.05, 3.63) is 97.1 Å². The van der Waals surface area contributed by atoms with Crippen LogP contribution in [0, 0.1) is 0 Å². The van der Waals surface area contributed by atoms with Gasteiger partial charge in [0.1, 0.15) is 23.0 Å². The van der Waals surface area contributed by atoms with Gasteiger partial charge in [-0.15, -0.1) is 0 Å². The van der Waals surface area contributed by atoms with Crippen LogP contribution in [0.3, 0.4) is 0 Å². The second-order valence-corrected chi connectivity index (χ2v) is 10.7. The fourth-order valence-corrected chi connectivity index (χ4v) is 5.03. The van der Waals surface area contributed by atoms with E-state index in [1.165, 1.54) is 27.6 Å². The summed E-state index contributed by atoms with van der Waals surface area (Å²) in [7, 11) is 8.05. The van der Waals surface area contributed by atoms with Gasteiger partial charge in [0, 0.05) is 0 Å². The lowest BCUT2D eigenvalue weighted by atomic mass is 10.3. The lowest BCUT2D eigenvalue weighted by Crippen LogP contribution is -2.02. The Morgan fingerprint density at radius 1 is 0.378 bits per heavy atom. The molecule has 0 aliphatic rings. The molecule has 6 heteroatoms. The summed E-state index contributed by atoms with van der Waals surface area (Å²) in [5.74, 6) is 3.59. The summed E-state index contributed by atoms with van der Waals surface area (Å²) < 4.78 is 20.5. The van der Waals surface area contributed by atoms with Gasteiger partial charge in [-0.2, -0.15) is 0 Å². The lowest BCUT2D eigenvalue weighted by molar-refractivity contribution is 0.415. The van der Waals surface area contributed by atoms with Crippen LogP contribution in [0.4, 0.5) is 0 Å². The topological polar surface area (TPSA) is 36.9 Å². The first-order chi connectivity index (χ1) is 18.0. The van der Waals surface area contributed by atoms with Crippen LogP contribution in [0.25, 0.3) is 0 Å². The first-order valence-corrected chi connectivity index (χ1v) is 14.1. The molecule has 0 aromatic heterocycles. The molecule has 0 aliphatic carbocycles. The summed E-state index contributed by atoms with van der Waals surface area (Å²) in [6.07, 6.45) is 1.25. The largest absolute Gasteiger partial charge is 0.497 e. The predicted molar refractivity (Wildman–Crippen MR) is 163 cm³/mol. The molecule has 0 unspecified atom stereocenters. The number of hydrogen-bond donors (Lipinski definition) is 0. The van der Waals surface area contributed by atoms with Crippen LogP contribution in [-0.4, -0.2) is 28.4 Å². The van der Waals surface area contributed by atoms with E-state index in [9.17, 15) is 0 Å². The average molecular weight is 537 g/mol. The first kappa shape index (κ1) is 30.2. The van der Waals surface area contributed by atoms with E-state index in [0.717, 1.165) is 23.0 Å². The van der Waals surface area contributed by atoms with Crippen molar-refractivity contribution in [2.24, 2.45) is 0 Å². The van der Waals surface area contributed by atoms with Crippen molar-refractivity contribution in [1.29, 1.82) is 0 Å². The number of hydrogen-bond acceptors (Lipinski definition) is 4. The third kappa shape index (κ3) is 11.3. The van der Waals surface area contributed by atoms with Gasteiger partial charge >= 0.3 is 0 Å². The second kappa shape index (κ2) is 17.4. The predicted octanol–water partition coefficient (Wildman–Crippen LogP) is 6.08. The van der Waals surface area contributed by atoms with Crippen LogP contribution < -0.4 is 40.2 Å². The molecule has 0 saturated carbocycles. The fourth-order valence-electron chi connectivity index (χ4n) is 3.03. The van der Waals surface area contributed by atoms with Gasteiger partial charge in [-0.25, -0.2) is 0 Å². The highest BCUT2D eigenvalue weighted by Crippen LogP contribution is 2.17. The first-order valence-electron chi connectivity index (χ1n) is 12.1. The van der Waals surface area contributed by atoms with Crippen molar-refractivity contribution in [1.82, 2.24) is 0 Å². The van der Waals surface area contributed by atoms with Crippen LogP contribution in [0.5, 0.6) is 23.0 Å². The molecule has 37 heavy (non-hydrogen) atoms. The SMILES string of the molecule is CCC.COc1ccc(Pc2ccc(OC)cc2)cc1.COc1ccc(Pc2ccc(OC)cc2)cc1. The van der Waals surface area contributed by atoms with Crippen LogP contribution in [0.1, 0.15) is 20.3 Å². The number of ether oxygens (including phenoxy) is 4. The Kier molecular flexibility index (Phi) is 14.2. The van der Waals surface area contributed by atoms with E-state index in [0.29, 0.717) is 17.2 Å². The van der Waals surface area contributed by atoms with Crippen molar-refractivity contribution in [3.63, 3.8) is 0 Å². The van der Waals surface area contributed by atoms with Gasteiger partial charge in [-0.1, -0.05) is 86.0 Å². The Morgan fingerprint density at radius 2 is 0.541 bits per heavy atom. The van der Waals surface area contributed by atoms with Crippen LogP contribution >= 0.6 is 17.2 Å². The minimum Gasteiger partial charge on any atom is -0.497 e. The maximum atomic E-state index is 5.14. The maximum Gasteiger partial charge on any atom is 0.118 e. The molecule has 4 aromatic rings. The van der Waals surface area contributed by atoms with Crippen molar-refractivity contribution >= 4 is 38.4 Å². The minimum absolute atomic E-state index is 0.661. The molecule has 196 valence electrons. The Balaban J connectivity index is 0.000000235. The van der Waals surface area contributed by atoms with E-state index < -0.39 is 0 Å². The molecular formula is C31H38O4P2. The maximum absolute atomic E-state index is 5.14. The minimum atomic E-state index is 0.661. The molecule has 4 nitrogen and oxygen atoms in total. The van der Waals surface area contributed by atoms with Crippen molar-refractivity contribution < 1.29 is 18.9 Å². The summed E-state index contributed by atoms with van der Waals surface area (Å²) in [5.41, 5.74) is 0. The Labute approximate surface area is 225 Å². The molecule has 0 amide bonds. The normalized spacial score (nSPS) is 9.68. The molecule has 0 aliphatic heterocycles. The zero-order valence-corrected chi connectivity index (χ0v) is 24.6. The molecule has 0 radical (unpaired) electrons. The highest BCUT2D eigenvalue weighted by Gasteiger charge is 1.99. The summed E-state index contributed by atoms with van der Waals surface area (Å²) in [6, 6.07) is 32.7. The number of rotatable bonds is 8. The average Bonchev–Trinajstić information content (AvgIpc) is 2.95. The highest BCUT2D eigenvalue weighted by molar-refractivity contribution is 7.55. The third-order valence-corrected chi connectivity index (χ3v) is 7.43. The third-order valence-electron chi connectivity index (χ3n) is 4.94. The summed E-state index contributed by atoms with van der Waals surface area (Å²) in [4.78, 5) is 0. The van der Waals surface area contributed by atoms with Crippen molar-refractivity contribution in [2.45, 2.75) is 20.3 Å². The zero-order chi connectivity index (χ0) is 26.9. The van der Waals surface area contributed by atoms with Gasteiger partial charge < -0.3 is 18.9 Å². The van der Waals surface area contributed by atoms with Gasteiger partial charge in [-0.05, 0) is 69.7 Å². The monoisotopic (exact) mass is 536 g/mol.